The van der Waals surface area contributed by atoms with Crippen LogP contribution in [0.5, 0.6) is 0 Å². The van der Waals surface area contributed by atoms with Crippen LogP contribution in [0.25, 0.3) is 31.6 Å². The molecule has 2 N–H and O–H groups in total. The summed E-state index contributed by atoms with van der Waals surface area (Å²) in [7, 11) is 0.895. The molecule has 5 heterocycles. The standard InChI is InChI=1S/C27H31BN4O5S2/c1-26(2)27(3,4)37-28(36-26)17-14-39-22-16(13-38-23(17)22)15-8-9-18-19(11-15)31-24(30-18)20-7-6-10-32(20)21(33)12-29-25(34)35-5/h8-9,11,13-14,20H,6-7,10,12H2,1-5H3,(H,29,34)(H,30,31). The highest BCUT2D eigenvalue weighted by atomic mass is 32.1. The minimum atomic E-state index is -0.619. The molecule has 12 heteroatoms. The van der Waals surface area contributed by atoms with E-state index in [9.17, 15) is 9.59 Å². The predicted molar refractivity (Wildman–Crippen MR) is 155 cm³/mol. The van der Waals surface area contributed by atoms with Gasteiger partial charge in [-0.25, -0.2) is 9.78 Å². The van der Waals surface area contributed by atoms with Gasteiger partial charge in [-0.1, -0.05) is 6.07 Å². The lowest BCUT2D eigenvalue weighted by Gasteiger charge is -2.32. The highest BCUT2D eigenvalue weighted by molar-refractivity contribution is 7.29. The van der Waals surface area contributed by atoms with E-state index in [1.807, 2.05) is 6.07 Å². The SMILES string of the molecule is COC(=O)NCC(=O)N1CCCC1c1nc2ccc(-c3csc4c(B5OC(C)(C)C(C)(C)O5)csc34)cc2[nH]1. The number of fused-ring (bicyclic) bond motifs is 2. The molecule has 39 heavy (non-hydrogen) atoms. The summed E-state index contributed by atoms with van der Waals surface area (Å²) < 4.78 is 19.6. The van der Waals surface area contributed by atoms with E-state index in [0.717, 1.165) is 40.7 Å². The number of imidazole rings is 1. The van der Waals surface area contributed by atoms with Gasteiger partial charge in [0, 0.05) is 27.7 Å². The van der Waals surface area contributed by atoms with Crippen LogP contribution < -0.4 is 10.8 Å². The quantitative estimate of drug-likeness (QED) is 0.336. The molecular weight excluding hydrogens is 535 g/mol. The van der Waals surface area contributed by atoms with Gasteiger partial charge in [0.05, 0.1) is 40.1 Å². The van der Waals surface area contributed by atoms with Gasteiger partial charge in [0.1, 0.15) is 12.4 Å². The topological polar surface area (TPSA) is 106 Å². The molecule has 2 saturated heterocycles. The van der Waals surface area contributed by atoms with Gasteiger partial charge in [0.2, 0.25) is 5.91 Å². The second-order valence-electron chi connectivity index (χ2n) is 11.0. The number of benzene rings is 1. The molecule has 0 aliphatic carbocycles. The van der Waals surface area contributed by atoms with Crippen molar-refractivity contribution in [3.63, 3.8) is 0 Å². The van der Waals surface area contributed by atoms with Crippen molar-refractivity contribution in [1.82, 2.24) is 20.2 Å². The Bertz CT molecular complexity index is 1560. The van der Waals surface area contributed by atoms with Crippen LogP contribution >= 0.6 is 22.7 Å². The monoisotopic (exact) mass is 566 g/mol. The third-order valence-electron chi connectivity index (χ3n) is 8.09. The number of rotatable bonds is 5. The zero-order valence-corrected chi connectivity index (χ0v) is 24.3. The summed E-state index contributed by atoms with van der Waals surface area (Å²) in [5.41, 5.74) is 4.38. The Morgan fingerprint density at radius 3 is 2.67 bits per heavy atom. The maximum absolute atomic E-state index is 12.8. The molecule has 1 aromatic carbocycles. The first-order valence-electron chi connectivity index (χ1n) is 13.0. The number of carbonyl (C=O) groups excluding carboxylic acids is 2. The van der Waals surface area contributed by atoms with Gasteiger partial charge in [0.25, 0.3) is 0 Å². The molecule has 2 aliphatic rings. The van der Waals surface area contributed by atoms with Gasteiger partial charge in [-0.3, -0.25) is 4.79 Å². The fourth-order valence-electron chi connectivity index (χ4n) is 5.20. The Kier molecular flexibility index (Phi) is 6.49. The zero-order valence-electron chi connectivity index (χ0n) is 22.6. The van der Waals surface area contributed by atoms with Crippen LogP contribution in [-0.2, 0) is 18.8 Å². The Hall–Kier alpha value is -2.93. The molecule has 1 unspecified atom stereocenters. The molecule has 2 amide bonds. The van der Waals surface area contributed by atoms with E-state index < -0.39 is 6.09 Å². The van der Waals surface area contributed by atoms with E-state index in [1.54, 1.807) is 27.6 Å². The highest BCUT2D eigenvalue weighted by Crippen LogP contribution is 2.41. The molecule has 1 atom stereocenters. The van der Waals surface area contributed by atoms with Gasteiger partial charge in [-0.2, -0.15) is 0 Å². The maximum atomic E-state index is 12.8. The Labute approximate surface area is 235 Å². The average molecular weight is 567 g/mol. The molecule has 2 fully saturated rings. The molecule has 0 radical (unpaired) electrons. The molecule has 2 aliphatic heterocycles. The summed E-state index contributed by atoms with van der Waals surface area (Å²) in [6.45, 7) is 8.82. The molecule has 0 saturated carbocycles. The van der Waals surface area contributed by atoms with Crippen LogP contribution in [0.1, 0.15) is 52.4 Å². The number of nitrogens with zero attached hydrogens (tertiary/aromatic N) is 2. The second-order valence-corrected chi connectivity index (χ2v) is 12.8. The number of aromatic amines is 1. The molecule has 4 aromatic rings. The number of alkyl carbamates (subject to hydrolysis) is 1. The fourth-order valence-corrected chi connectivity index (χ4v) is 7.63. The van der Waals surface area contributed by atoms with Gasteiger partial charge in [0.15, 0.2) is 0 Å². The molecule has 0 bridgehead atoms. The number of likely N-dealkylation sites (tertiary alicyclic amines) is 1. The smallest absolute Gasteiger partial charge is 0.453 e. The Balaban J connectivity index is 1.25. The number of ether oxygens (including phenoxy) is 1. The summed E-state index contributed by atoms with van der Waals surface area (Å²) in [6, 6.07) is 6.10. The van der Waals surface area contributed by atoms with Crippen molar-refractivity contribution in [1.29, 1.82) is 0 Å². The number of H-pyrrole nitrogens is 1. The second kappa shape index (κ2) is 9.62. The normalized spacial score (nSPS) is 20.3. The minimum Gasteiger partial charge on any atom is -0.453 e. The first-order chi connectivity index (χ1) is 18.6. The molecule has 3 aromatic heterocycles. The zero-order chi connectivity index (χ0) is 27.5. The molecule has 204 valence electrons. The summed E-state index contributed by atoms with van der Waals surface area (Å²) in [4.78, 5) is 34.2. The number of thiophene rings is 2. The number of nitrogens with one attached hydrogen (secondary N) is 2. The van der Waals surface area contributed by atoms with Crippen LogP contribution in [0.3, 0.4) is 0 Å². The van der Waals surface area contributed by atoms with Crippen molar-refractivity contribution in [2.75, 3.05) is 20.2 Å². The van der Waals surface area contributed by atoms with Gasteiger partial charge < -0.3 is 29.2 Å². The number of carbonyl (C=O) groups is 2. The lowest BCUT2D eigenvalue weighted by molar-refractivity contribution is -0.131. The first-order valence-corrected chi connectivity index (χ1v) is 14.8. The third-order valence-corrected chi connectivity index (χ3v) is 10.3. The van der Waals surface area contributed by atoms with Crippen molar-refractivity contribution >= 4 is 67.7 Å². The predicted octanol–water partition coefficient (Wildman–Crippen LogP) is 4.82. The summed E-state index contributed by atoms with van der Waals surface area (Å²) in [5, 5.41) is 6.82. The Morgan fingerprint density at radius 1 is 1.18 bits per heavy atom. The van der Waals surface area contributed by atoms with Gasteiger partial charge >= 0.3 is 13.2 Å². The minimum absolute atomic E-state index is 0.101. The van der Waals surface area contributed by atoms with E-state index in [0.29, 0.717) is 6.54 Å². The fraction of sp³-hybridized carbons (Fsp3) is 0.444. The van der Waals surface area contributed by atoms with Crippen LogP contribution in [0.2, 0.25) is 0 Å². The van der Waals surface area contributed by atoms with E-state index in [-0.39, 0.29) is 36.8 Å². The van der Waals surface area contributed by atoms with E-state index in [4.69, 9.17) is 14.3 Å². The summed E-state index contributed by atoms with van der Waals surface area (Å²) in [6.07, 6.45) is 1.08. The van der Waals surface area contributed by atoms with Crippen molar-refractivity contribution in [3.05, 3.63) is 34.8 Å². The Morgan fingerprint density at radius 2 is 1.92 bits per heavy atom. The van der Waals surface area contributed by atoms with E-state index in [2.05, 4.69) is 65.6 Å². The molecular formula is C27H31BN4O5S2. The average Bonchev–Trinajstić information content (AvgIpc) is 3.69. The largest absolute Gasteiger partial charge is 0.497 e. The van der Waals surface area contributed by atoms with Crippen LogP contribution in [0.4, 0.5) is 4.79 Å². The summed E-state index contributed by atoms with van der Waals surface area (Å²) in [5.74, 6) is 0.612. The molecule has 6 rings (SSSR count). The van der Waals surface area contributed by atoms with Crippen molar-refractivity contribution in [2.24, 2.45) is 0 Å². The van der Waals surface area contributed by atoms with Crippen molar-refractivity contribution < 1.29 is 23.6 Å². The van der Waals surface area contributed by atoms with Crippen LogP contribution in [0.15, 0.2) is 29.0 Å². The van der Waals surface area contributed by atoms with Crippen LogP contribution in [-0.4, -0.2) is 65.4 Å². The number of methoxy groups -OCH3 is 1. The number of hydrogen-bond donors (Lipinski definition) is 2. The highest BCUT2D eigenvalue weighted by Gasteiger charge is 2.52. The number of hydrogen-bond acceptors (Lipinski definition) is 8. The van der Waals surface area contributed by atoms with Gasteiger partial charge in [-0.05, 0) is 63.6 Å². The van der Waals surface area contributed by atoms with Crippen LogP contribution in [0, 0.1) is 0 Å². The lowest BCUT2D eigenvalue weighted by Crippen LogP contribution is -2.41. The maximum Gasteiger partial charge on any atom is 0.497 e. The third kappa shape index (κ3) is 4.53. The van der Waals surface area contributed by atoms with Crippen molar-refractivity contribution in [2.45, 2.75) is 57.8 Å². The number of amides is 2. The van der Waals surface area contributed by atoms with Crippen molar-refractivity contribution in [3.8, 4) is 11.1 Å². The summed E-state index contributed by atoms with van der Waals surface area (Å²) >= 11 is 3.43. The van der Waals surface area contributed by atoms with E-state index >= 15 is 0 Å². The molecule has 9 nitrogen and oxygen atoms in total. The number of aromatic nitrogens is 2. The lowest BCUT2D eigenvalue weighted by atomic mass is 9.81. The first kappa shape index (κ1) is 26.3. The van der Waals surface area contributed by atoms with Gasteiger partial charge in [-0.15, -0.1) is 22.7 Å². The van der Waals surface area contributed by atoms with E-state index in [1.165, 1.54) is 22.1 Å². The molecule has 0 spiro atoms.